The van der Waals surface area contributed by atoms with Crippen LogP contribution < -0.4 is 5.32 Å². The molecule has 0 amide bonds. The lowest BCUT2D eigenvalue weighted by molar-refractivity contribution is 0.209. The molecule has 0 aromatic rings. The van der Waals surface area contributed by atoms with Gasteiger partial charge in [0.05, 0.1) is 0 Å². The Bertz CT molecular complexity index is 160. The number of nitrogens with one attached hydrogen (secondary N) is 1. The maximum atomic E-state index is 3.63. The third-order valence-corrected chi connectivity index (χ3v) is 3.86. The van der Waals surface area contributed by atoms with Crippen LogP contribution in [0.15, 0.2) is 0 Å². The van der Waals surface area contributed by atoms with E-state index in [4.69, 9.17) is 0 Å². The van der Waals surface area contributed by atoms with E-state index in [1.807, 2.05) is 0 Å². The van der Waals surface area contributed by atoms with Crippen LogP contribution in [0.2, 0.25) is 0 Å². The predicted molar refractivity (Wildman–Crippen MR) is 67.1 cm³/mol. The molecule has 1 aliphatic heterocycles. The molecule has 1 N–H and O–H groups in total. The van der Waals surface area contributed by atoms with Gasteiger partial charge in [-0.3, -0.25) is 0 Å². The molecule has 1 aliphatic rings. The molecule has 1 heterocycles. The average Bonchev–Trinajstić information content (AvgIpc) is 2.20. The van der Waals surface area contributed by atoms with Crippen LogP contribution >= 0.6 is 0 Å². The maximum Gasteiger partial charge on any atom is 0.00617 e. The Morgan fingerprint density at radius 2 is 1.80 bits per heavy atom. The summed E-state index contributed by atoms with van der Waals surface area (Å²) in [6.45, 7) is 10.7. The first kappa shape index (κ1) is 13.0. The van der Waals surface area contributed by atoms with Crippen molar-refractivity contribution in [3.05, 3.63) is 0 Å². The zero-order valence-corrected chi connectivity index (χ0v) is 10.9. The summed E-state index contributed by atoms with van der Waals surface area (Å²) in [5.41, 5.74) is 0. The van der Waals surface area contributed by atoms with Gasteiger partial charge in [0.1, 0.15) is 0 Å². The van der Waals surface area contributed by atoms with Gasteiger partial charge < -0.3 is 10.2 Å². The molecular weight excluding hydrogens is 184 g/mol. The molecule has 0 aromatic heterocycles. The molecule has 0 aromatic carbocycles. The highest BCUT2D eigenvalue weighted by Crippen LogP contribution is 2.18. The van der Waals surface area contributed by atoms with Gasteiger partial charge in [0, 0.05) is 6.04 Å². The van der Waals surface area contributed by atoms with E-state index in [1.54, 1.807) is 0 Å². The van der Waals surface area contributed by atoms with E-state index in [9.17, 15) is 0 Å². The highest BCUT2D eigenvalue weighted by molar-refractivity contribution is 4.72. The molecule has 0 spiro atoms. The summed E-state index contributed by atoms with van der Waals surface area (Å²) in [6.07, 6.45) is 4.16. The van der Waals surface area contributed by atoms with Gasteiger partial charge in [-0.05, 0) is 64.7 Å². The van der Waals surface area contributed by atoms with E-state index in [0.29, 0.717) is 6.04 Å². The third kappa shape index (κ3) is 4.98. The van der Waals surface area contributed by atoms with Crippen LogP contribution in [0, 0.1) is 11.8 Å². The molecule has 1 atom stereocenters. The first-order valence-electron chi connectivity index (χ1n) is 6.51. The van der Waals surface area contributed by atoms with E-state index in [-0.39, 0.29) is 0 Å². The Balaban J connectivity index is 2.05. The van der Waals surface area contributed by atoms with E-state index < -0.39 is 0 Å². The minimum absolute atomic E-state index is 0.663. The van der Waals surface area contributed by atoms with Crippen molar-refractivity contribution in [3.63, 3.8) is 0 Å². The van der Waals surface area contributed by atoms with Crippen LogP contribution in [0.1, 0.15) is 40.0 Å². The van der Waals surface area contributed by atoms with Crippen molar-refractivity contribution in [2.24, 2.45) is 11.8 Å². The number of piperidine rings is 1. The fraction of sp³-hybridized carbons (Fsp3) is 1.00. The Hall–Kier alpha value is -0.0800. The molecule has 2 heteroatoms. The van der Waals surface area contributed by atoms with Gasteiger partial charge in [0.2, 0.25) is 0 Å². The normalized spacial score (nSPS) is 22.2. The maximum absolute atomic E-state index is 3.63. The Morgan fingerprint density at radius 3 is 2.33 bits per heavy atom. The molecular formula is C13H28N2. The van der Waals surface area contributed by atoms with Crippen LogP contribution in [0.5, 0.6) is 0 Å². The second-order valence-electron chi connectivity index (χ2n) is 5.52. The van der Waals surface area contributed by atoms with Crippen LogP contribution in [0.4, 0.5) is 0 Å². The van der Waals surface area contributed by atoms with E-state index in [0.717, 1.165) is 11.8 Å². The smallest absolute Gasteiger partial charge is 0.00617 e. The summed E-state index contributed by atoms with van der Waals surface area (Å²) in [6, 6.07) is 0.663. The highest BCUT2D eigenvalue weighted by atomic mass is 15.1. The van der Waals surface area contributed by atoms with Crippen molar-refractivity contribution in [2.75, 3.05) is 26.7 Å². The van der Waals surface area contributed by atoms with Gasteiger partial charge in [-0.15, -0.1) is 0 Å². The van der Waals surface area contributed by atoms with Crippen LogP contribution in [0.25, 0.3) is 0 Å². The van der Waals surface area contributed by atoms with Crippen molar-refractivity contribution in [1.29, 1.82) is 0 Å². The van der Waals surface area contributed by atoms with Gasteiger partial charge in [-0.1, -0.05) is 13.8 Å². The lowest BCUT2D eigenvalue weighted by Crippen LogP contribution is -2.35. The van der Waals surface area contributed by atoms with Crippen LogP contribution in [-0.4, -0.2) is 37.6 Å². The van der Waals surface area contributed by atoms with Gasteiger partial charge in [-0.2, -0.15) is 0 Å². The summed E-state index contributed by atoms with van der Waals surface area (Å²) in [5, 5.41) is 3.63. The summed E-state index contributed by atoms with van der Waals surface area (Å²) in [4.78, 5) is 2.45. The van der Waals surface area contributed by atoms with E-state index >= 15 is 0 Å². The molecule has 1 fully saturated rings. The van der Waals surface area contributed by atoms with Crippen molar-refractivity contribution in [3.8, 4) is 0 Å². The molecule has 15 heavy (non-hydrogen) atoms. The van der Waals surface area contributed by atoms with E-state index in [1.165, 1.54) is 38.9 Å². The largest absolute Gasteiger partial charge is 0.314 e. The van der Waals surface area contributed by atoms with Crippen molar-refractivity contribution in [1.82, 2.24) is 10.2 Å². The second-order valence-corrected chi connectivity index (χ2v) is 5.52. The monoisotopic (exact) mass is 212 g/mol. The second kappa shape index (κ2) is 6.49. The number of rotatable bonds is 5. The summed E-state index contributed by atoms with van der Waals surface area (Å²) in [7, 11) is 2.23. The average molecular weight is 212 g/mol. The molecule has 0 radical (unpaired) electrons. The van der Waals surface area contributed by atoms with Gasteiger partial charge in [0.25, 0.3) is 0 Å². The fourth-order valence-corrected chi connectivity index (χ4v) is 2.10. The lowest BCUT2D eigenvalue weighted by Gasteiger charge is -2.29. The van der Waals surface area contributed by atoms with Crippen LogP contribution in [-0.2, 0) is 0 Å². The zero-order valence-electron chi connectivity index (χ0n) is 10.9. The lowest BCUT2D eigenvalue weighted by atomic mass is 9.93. The topological polar surface area (TPSA) is 15.3 Å². The number of nitrogens with zero attached hydrogens (tertiary/aromatic N) is 1. The summed E-state index contributed by atoms with van der Waals surface area (Å²) in [5.74, 6) is 1.72. The summed E-state index contributed by atoms with van der Waals surface area (Å²) >= 11 is 0. The molecule has 0 bridgehead atoms. The molecule has 0 saturated carbocycles. The number of hydrogen-bond acceptors (Lipinski definition) is 2. The Labute approximate surface area is 95.4 Å². The van der Waals surface area contributed by atoms with Crippen molar-refractivity contribution in [2.45, 2.75) is 46.1 Å². The molecule has 2 nitrogen and oxygen atoms in total. The highest BCUT2D eigenvalue weighted by Gasteiger charge is 2.16. The molecule has 0 aliphatic carbocycles. The first-order valence-corrected chi connectivity index (χ1v) is 6.51. The quantitative estimate of drug-likeness (QED) is 0.752. The van der Waals surface area contributed by atoms with Gasteiger partial charge >= 0.3 is 0 Å². The minimum atomic E-state index is 0.663. The number of hydrogen-bond donors (Lipinski definition) is 1. The molecule has 1 saturated heterocycles. The Morgan fingerprint density at radius 1 is 1.20 bits per heavy atom. The third-order valence-electron chi connectivity index (χ3n) is 3.86. The SMILES string of the molecule is CC(C)C(C)NCCC1CCN(C)CC1. The van der Waals surface area contributed by atoms with Gasteiger partial charge in [-0.25, -0.2) is 0 Å². The van der Waals surface area contributed by atoms with Crippen molar-refractivity contribution >= 4 is 0 Å². The number of likely N-dealkylation sites (tertiary alicyclic amines) is 1. The molecule has 1 rings (SSSR count). The molecule has 1 unspecified atom stereocenters. The minimum Gasteiger partial charge on any atom is -0.314 e. The van der Waals surface area contributed by atoms with Crippen molar-refractivity contribution < 1.29 is 0 Å². The Kier molecular flexibility index (Phi) is 5.62. The van der Waals surface area contributed by atoms with Crippen LogP contribution in [0.3, 0.4) is 0 Å². The first-order chi connectivity index (χ1) is 7.09. The standard InChI is InChI=1S/C13H28N2/c1-11(2)12(3)14-8-5-13-6-9-15(4)10-7-13/h11-14H,5-10H2,1-4H3. The summed E-state index contributed by atoms with van der Waals surface area (Å²) < 4.78 is 0. The fourth-order valence-electron chi connectivity index (χ4n) is 2.10. The predicted octanol–water partition coefficient (Wildman–Crippen LogP) is 2.35. The molecule has 90 valence electrons. The van der Waals surface area contributed by atoms with Gasteiger partial charge in [0.15, 0.2) is 0 Å². The zero-order chi connectivity index (χ0) is 11.3. The van der Waals surface area contributed by atoms with E-state index in [2.05, 4.69) is 38.0 Å².